The Morgan fingerprint density at radius 2 is 1.29 bits per heavy atom. The third-order valence-corrected chi connectivity index (χ3v) is 12.6. The zero-order valence-electron chi connectivity index (χ0n) is 37.5. The van der Waals surface area contributed by atoms with Crippen molar-refractivity contribution in [2.75, 3.05) is 26.3 Å². The molecule has 3 aromatic heterocycles. The van der Waals surface area contributed by atoms with Crippen LogP contribution >= 0.6 is 0 Å². The molecule has 2 aliphatic heterocycles. The number of aromatic amines is 2. The molecule has 0 aromatic carbocycles. The number of fused-ring (bicyclic) bond motifs is 8. The van der Waals surface area contributed by atoms with E-state index >= 15 is 0 Å². The molecule has 0 radical (unpaired) electrons. The second-order valence-electron chi connectivity index (χ2n) is 16.9. The number of H-pyrrole nitrogens is 2. The average molecular weight is 923 g/mol. The van der Waals surface area contributed by atoms with Gasteiger partial charge in [-0.3, -0.25) is 14.6 Å². The normalized spacial score (nSPS) is 18.8. The number of aryl methyl sites for hydroxylation is 3. The van der Waals surface area contributed by atoms with E-state index < -0.39 is 111 Å². The number of aromatic nitrogens is 4. The van der Waals surface area contributed by atoms with E-state index in [-0.39, 0.29) is 46.6 Å². The Kier molecular flexibility index (Phi) is 17.1. The van der Waals surface area contributed by atoms with Gasteiger partial charge in [-0.25, -0.2) is 9.78 Å². The van der Waals surface area contributed by atoms with Crippen molar-refractivity contribution in [2.45, 2.75) is 121 Å². The van der Waals surface area contributed by atoms with Gasteiger partial charge in [-0.2, -0.15) is 0 Å². The zero-order chi connectivity index (χ0) is 48.9. The Labute approximate surface area is 380 Å². The Balaban J connectivity index is 1.72. The third-order valence-electron chi connectivity index (χ3n) is 12.6. The highest BCUT2D eigenvalue weighted by molar-refractivity contribution is 6.24. The first-order valence-corrected chi connectivity index (χ1v) is 21.7. The third kappa shape index (κ3) is 10.9. The molecule has 15 N–H and O–H groups in total. The number of nitrogens with zero attached hydrogens (tertiary/aromatic N) is 2. The highest BCUT2D eigenvalue weighted by Gasteiger charge is 2.37. The number of carboxylic acid groups (broad SMARTS) is 1. The maximum absolute atomic E-state index is 14.0. The lowest BCUT2D eigenvalue weighted by atomic mass is 9.84. The van der Waals surface area contributed by atoms with Crippen molar-refractivity contribution in [3.63, 3.8) is 0 Å². The van der Waals surface area contributed by atoms with Crippen LogP contribution in [0.4, 0.5) is 0 Å². The van der Waals surface area contributed by atoms with Gasteiger partial charge in [0.2, 0.25) is 11.8 Å². The van der Waals surface area contributed by atoms with E-state index in [0.717, 1.165) is 33.3 Å². The molecule has 0 saturated heterocycles. The van der Waals surface area contributed by atoms with Gasteiger partial charge in [0.15, 0.2) is 0 Å². The summed E-state index contributed by atoms with van der Waals surface area (Å²) in [5, 5.41) is 116. The van der Waals surface area contributed by atoms with Crippen LogP contribution in [0.1, 0.15) is 96.0 Å². The molecule has 2 amide bonds. The first-order chi connectivity index (χ1) is 31.2. The fourth-order valence-corrected chi connectivity index (χ4v) is 8.50. The van der Waals surface area contributed by atoms with Crippen molar-refractivity contribution in [3.8, 4) is 0 Å². The summed E-state index contributed by atoms with van der Waals surface area (Å²) in [5.41, 5.74) is 7.53. The summed E-state index contributed by atoms with van der Waals surface area (Å²) in [6.45, 7) is 10.4. The van der Waals surface area contributed by atoms with Crippen molar-refractivity contribution in [1.82, 2.24) is 30.6 Å². The van der Waals surface area contributed by atoms with Gasteiger partial charge >= 0.3 is 5.97 Å². The molecular formula is C46H62N6O14. The number of carbonyl (C=O) groups is 3. The molecule has 0 spiro atoms. The van der Waals surface area contributed by atoms with Crippen LogP contribution in [0.15, 0.2) is 24.8 Å². The first kappa shape index (κ1) is 51.6. The van der Waals surface area contributed by atoms with Gasteiger partial charge in [-0.05, 0) is 74.1 Å². The predicted molar refractivity (Wildman–Crippen MR) is 242 cm³/mol. The van der Waals surface area contributed by atoms with E-state index in [1.807, 2.05) is 39.8 Å². The minimum atomic E-state index is -1.98. The number of rotatable bonds is 20. The smallest absolute Gasteiger partial charge is 0.338 e. The van der Waals surface area contributed by atoms with Crippen LogP contribution in [0.3, 0.4) is 0 Å². The lowest BCUT2D eigenvalue weighted by Crippen LogP contribution is -2.49. The zero-order valence-corrected chi connectivity index (χ0v) is 37.5. The number of hydrogen-bond donors (Lipinski definition) is 15. The summed E-state index contributed by atoms with van der Waals surface area (Å²) in [7, 11) is 0. The lowest BCUT2D eigenvalue weighted by molar-refractivity contribution is -0.130. The Bertz CT molecular complexity index is 2500. The van der Waals surface area contributed by atoms with Crippen LogP contribution in [0.2, 0.25) is 0 Å². The van der Waals surface area contributed by atoms with Gasteiger partial charge in [0.05, 0.1) is 54.5 Å². The number of hydrogen-bond acceptors (Lipinski definition) is 15. The maximum Gasteiger partial charge on any atom is 0.338 e. The predicted octanol–water partition coefficient (Wildman–Crippen LogP) is -0.533. The fraction of sp³-hybridized carbons (Fsp3) is 0.500. The van der Waals surface area contributed by atoms with E-state index in [1.54, 1.807) is 19.1 Å². The molecule has 0 unspecified atom stereocenters. The highest BCUT2D eigenvalue weighted by atomic mass is 16.4. The van der Waals surface area contributed by atoms with Crippen molar-refractivity contribution in [2.24, 2.45) is 0 Å². The van der Waals surface area contributed by atoms with Gasteiger partial charge in [0, 0.05) is 70.2 Å². The molecule has 0 aliphatic carbocycles. The molecule has 66 heavy (non-hydrogen) atoms. The van der Waals surface area contributed by atoms with E-state index in [2.05, 4.69) is 27.2 Å². The fourth-order valence-electron chi connectivity index (χ4n) is 8.50. The van der Waals surface area contributed by atoms with Crippen molar-refractivity contribution >= 4 is 57.1 Å². The van der Waals surface area contributed by atoms with Gasteiger partial charge in [0.1, 0.15) is 36.6 Å². The Morgan fingerprint density at radius 3 is 1.83 bits per heavy atom. The maximum atomic E-state index is 14.0. The van der Waals surface area contributed by atoms with E-state index in [4.69, 9.17) is 15.1 Å². The number of amides is 2. The number of carbonyl (C=O) groups excluding carboxylic acids is 2. The number of allylic oxidation sites excluding steroid dienone is 1. The second-order valence-corrected chi connectivity index (χ2v) is 16.9. The highest BCUT2D eigenvalue weighted by Crippen LogP contribution is 2.44. The van der Waals surface area contributed by atoms with Crippen LogP contribution in [0.5, 0.6) is 0 Å². The lowest BCUT2D eigenvalue weighted by Gasteiger charge is -2.26. The average Bonchev–Trinajstić information content (AvgIpc) is 3.99. The number of aliphatic carboxylic acids is 1. The van der Waals surface area contributed by atoms with Gasteiger partial charge < -0.3 is 76.8 Å². The molecular weight excluding hydrogens is 861 g/mol. The quantitative estimate of drug-likeness (QED) is 0.0677. The van der Waals surface area contributed by atoms with Gasteiger partial charge in [-0.1, -0.05) is 26.5 Å². The van der Waals surface area contributed by atoms with Crippen molar-refractivity contribution < 1.29 is 70.6 Å². The summed E-state index contributed by atoms with van der Waals surface area (Å²) in [6, 6.07) is 5.54. The Morgan fingerprint density at radius 1 is 0.742 bits per heavy atom. The molecule has 3 aromatic rings. The monoisotopic (exact) mass is 922 g/mol. The summed E-state index contributed by atoms with van der Waals surface area (Å²) in [6.07, 6.45) is -13.3. The topological polar surface area (TPSA) is 355 Å². The standard InChI is InChI=1S/C46H62N6O14/c1-7-23-19(3)27-12-29-21(5)25(9-10-37(59)47-15-33(55)42(61)44(63)35(57)17-53)40(51-29)26(11-38(60)48-16-34(56)43(62)45(64)36(58)18-54)41-39(46(65)66)22(6)30(52-41)14-32-24(8-2)20(4)28(50-32)13-31(23)49-27/h7,12-14,21,25,33-36,42-45,49-50,53-58,61-64H,1,8-11,15-18H2,2-6H3,(H,47,59)(H,48,60)(H,65,66)/t21-,25-,33-,34-,35+,36+,42+,43+,44+,45+/m0/s1. The number of aliphatic hydroxyl groups excluding tert-OH is 10. The summed E-state index contributed by atoms with van der Waals surface area (Å²) in [5.74, 6) is -3.92. The van der Waals surface area contributed by atoms with Crippen LogP contribution in [-0.4, -0.2) is 169 Å². The number of carboxylic acids is 1. The van der Waals surface area contributed by atoms with Crippen LogP contribution < -0.4 is 10.6 Å². The minimum Gasteiger partial charge on any atom is -0.478 e. The van der Waals surface area contributed by atoms with Crippen molar-refractivity contribution in [3.05, 3.63) is 75.4 Å². The molecule has 8 bridgehead atoms. The molecule has 0 fully saturated rings. The van der Waals surface area contributed by atoms with Crippen LogP contribution in [0, 0.1) is 13.8 Å². The molecule has 2 aliphatic rings. The molecule has 5 rings (SSSR count). The molecule has 20 nitrogen and oxygen atoms in total. The Hall–Kier alpha value is -5.39. The molecule has 0 saturated carbocycles. The van der Waals surface area contributed by atoms with Crippen LogP contribution in [0.25, 0.3) is 39.3 Å². The van der Waals surface area contributed by atoms with Gasteiger partial charge in [0.25, 0.3) is 0 Å². The summed E-state index contributed by atoms with van der Waals surface area (Å²) < 4.78 is 0. The molecule has 20 heteroatoms. The van der Waals surface area contributed by atoms with Crippen molar-refractivity contribution in [1.29, 1.82) is 0 Å². The summed E-state index contributed by atoms with van der Waals surface area (Å²) >= 11 is 0. The molecule has 10 atom stereocenters. The minimum absolute atomic E-state index is 0.0423. The SMILES string of the molecule is C=Cc1c(C)c2cc3nc(c(CC(=O)NC[C@H](O)[C@@H](O)[C@H](O)[C@H](O)CO)c4nc(cc5[nH]c(cc1[nH]2)c(C)c5CC)C(C)=C4C(=O)O)[C@@H](CCC(=O)NC[C@H](O)[C@@H](O)[C@H](O)[C@H](O)CO)[C@@H]3C. The first-order valence-electron chi connectivity index (χ1n) is 21.7. The van der Waals surface area contributed by atoms with E-state index in [0.29, 0.717) is 23.1 Å². The van der Waals surface area contributed by atoms with E-state index in [1.165, 1.54) is 0 Å². The molecule has 5 heterocycles. The van der Waals surface area contributed by atoms with E-state index in [9.17, 15) is 65.4 Å². The van der Waals surface area contributed by atoms with Gasteiger partial charge in [-0.15, -0.1) is 0 Å². The van der Waals surface area contributed by atoms with Crippen LogP contribution in [-0.2, 0) is 27.2 Å². The number of nitrogens with one attached hydrogen (secondary N) is 4. The largest absolute Gasteiger partial charge is 0.478 e. The summed E-state index contributed by atoms with van der Waals surface area (Å²) in [4.78, 5) is 57.5. The second kappa shape index (κ2) is 21.9. The molecule has 360 valence electrons. The number of aliphatic hydroxyl groups is 10.